The number of aromatic nitrogens is 1. The van der Waals surface area contributed by atoms with Gasteiger partial charge in [-0.1, -0.05) is 23.7 Å². The van der Waals surface area contributed by atoms with Gasteiger partial charge in [0.1, 0.15) is 12.9 Å². The number of anilines is 1. The summed E-state index contributed by atoms with van der Waals surface area (Å²) in [5.74, 6) is -0.635. The van der Waals surface area contributed by atoms with Gasteiger partial charge in [0.2, 0.25) is 11.2 Å². The molecule has 0 aliphatic carbocycles. The minimum atomic E-state index is -0.546. The number of carbonyl (C=O) groups is 1. The van der Waals surface area contributed by atoms with Crippen LogP contribution in [0, 0.1) is 6.92 Å². The zero-order valence-electron chi connectivity index (χ0n) is 13.1. The van der Waals surface area contributed by atoms with Gasteiger partial charge in [-0.15, -0.1) is 11.3 Å². The molecular weight excluding hydrogens is 364 g/mol. The van der Waals surface area contributed by atoms with Crippen LogP contribution in [0.25, 0.3) is 0 Å². The molecule has 2 heterocycles. The van der Waals surface area contributed by atoms with Crippen molar-refractivity contribution in [3.63, 3.8) is 0 Å². The van der Waals surface area contributed by atoms with Crippen LogP contribution in [0.15, 0.2) is 51.2 Å². The maximum absolute atomic E-state index is 12.1. The van der Waals surface area contributed by atoms with E-state index < -0.39 is 11.3 Å². The maximum atomic E-state index is 12.1. The molecule has 0 aliphatic heterocycles. The van der Waals surface area contributed by atoms with Gasteiger partial charge >= 0.3 is 0 Å². The number of ether oxygens (including phenoxy) is 1. The summed E-state index contributed by atoms with van der Waals surface area (Å²) in [5, 5.41) is 5.43. The van der Waals surface area contributed by atoms with Gasteiger partial charge < -0.3 is 9.15 Å². The Hall–Kier alpha value is -2.64. The molecule has 0 fully saturated rings. The fourth-order valence-electron chi connectivity index (χ4n) is 1.94. The monoisotopic (exact) mass is 376 g/mol. The first-order valence-corrected chi connectivity index (χ1v) is 8.50. The largest absolute Gasteiger partial charge is 0.482 e. The highest BCUT2D eigenvalue weighted by atomic mass is 35.5. The number of hydrogen-bond donors (Lipinski definition) is 1. The zero-order valence-corrected chi connectivity index (χ0v) is 14.7. The molecule has 6 nitrogen and oxygen atoms in total. The Labute approximate surface area is 152 Å². The maximum Gasteiger partial charge on any atom is 0.293 e. The van der Waals surface area contributed by atoms with Crippen molar-refractivity contribution in [2.75, 3.05) is 5.32 Å². The van der Waals surface area contributed by atoms with Crippen molar-refractivity contribution < 1.29 is 13.9 Å². The van der Waals surface area contributed by atoms with Crippen molar-refractivity contribution in [1.82, 2.24) is 4.98 Å². The molecule has 3 aromatic rings. The Bertz CT molecular complexity index is 950. The average molecular weight is 377 g/mol. The Kier molecular flexibility index (Phi) is 5.16. The van der Waals surface area contributed by atoms with Gasteiger partial charge in [-0.05, 0) is 24.6 Å². The van der Waals surface area contributed by atoms with Crippen LogP contribution in [0.3, 0.4) is 0 Å². The second kappa shape index (κ2) is 7.50. The summed E-state index contributed by atoms with van der Waals surface area (Å²) in [7, 11) is 0. The number of halogens is 1. The van der Waals surface area contributed by atoms with E-state index in [2.05, 4.69) is 10.3 Å². The van der Waals surface area contributed by atoms with Crippen LogP contribution in [0.2, 0.25) is 5.02 Å². The summed E-state index contributed by atoms with van der Waals surface area (Å²) in [6, 6.07) is 8.14. The van der Waals surface area contributed by atoms with E-state index in [1.54, 1.807) is 29.6 Å². The van der Waals surface area contributed by atoms with Crippen LogP contribution in [-0.4, -0.2) is 10.9 Å². The number of hydrogen-bond acceptors (Lipinski definition) is 6. The lowest BCUT2D eigenvalue weighted by molar-refractivity contribution is 0.0993. The molecular formula is C17H13ClN2O4S. The van der Waals surface area contributed by atoms with E-state index in [-0.39, 0.29) is 18.1 Å². The van der Waals surface area contributed by atoms with Crippen LogP contribution < -0.4 is 15.5 Å². The van der Waals surface area contributed by atoms with Crippen LogP contribution in [-0.2, 0) is 6.61 Å². The lowest BCUT2D eigenvalue weighted by atomic mass is 10.2. The predicted octanol–water partition coefficient (Wildman–Crippen LogP) is 3.89. The number of rotatable bonds is 5. The second-order valence-electron chi connectivity index (χ2n) is 5.14. The highest BCUT2D eigenvalue weighted by Crippen LogP contribution is 2.16. The van der Waals surface area contributed by atoms with E-state index in [1.165, 1.54) is 11.3 Å². The van der Waals surface area contributed by atoms with Crippen LogP contribution in [0.4, 0.5) is 5.13 Å². The minimum Gasteiger partial charge on any atom is -0.482 e. The molecule has 0 atom stereocenters. The first-order valence-electron chi connectivity index (χ1n) is 7.25. The third-order valence-corrected chi connectivity index (χ3v) is 4.30. The summed E-state index contributed by atoms with van der Waals surface area (Å²) in [6.45, 7) is 2.00. The standard InChI is InChI=1S/C17H13ClN2O4S/c1-10-9-25-17(19-10)20-16(22)14-6-13(21)15(8-24-14)23-7-11-2-4-12(18)5-3-11/h2-6,8-9H,7H2,1H3,(H,19,20,22). The van der Waals surface area contributed by atoms with Gasteiger partial charge in [-0.3, -0.25) is 14.9 Å². The second-order valence-corrected chi connectivity index (χ2v) is 6.43. The number of thiazole rings is 1. The van der Waals surface area contributed by atoms with E-state index in [1.807, 2.05) is 6.92 Å². The summed E-state index contributed by atoms with van der Waals surface area (Å²) in [6.07, 6.45) is 1.13. The molecule has 25 heavy (non-hydrogen) atoms. The molecule has 0 saturated carbocycles. The lowest BCUT2D eigenvalue weighted by Gasteiger charge is -2.06. The van der Waals surface area contributed by atoms with Crippen molar-refractivity contribution >= 4 is 34.0 Å². The molecule has 0 spiro atoms. The molecule has 0 aliphatic rings. The first-order chi connectivity index (χ1) is 12.0. The molecule has 128 valence electrons. The molecule has 1 N–H and O–H groups in total. The highest BCUT2D eigenvalue weighted by Gasteiger charge is 2.14. The highest BCUT2D eigenvalue weighted by molar-refractivity contribution is 7.13. The fraction of sp³-hybridized carbons (Fsp3) is 0.118. The van der Waals surface area contributed by atoms with Crippen molar-refractivity contribution in [2.45, 2.75) is 13.5 Å². The van der Waals surface area contributed by atoms with E-state index in [9.17, 15) is 9.59 Å². The number of nitrogens with one attached hydrogen (secondary N) is 1. The number of carbonyl (C=O) groups excluding carboxylic acids is 1. The van der Waals surface area contributed by atoms with Gasteiger partial charge in [0.25, 0.3) is 5.91 Å². The van der Waals surface area contributed by atoms with E-state index in [0.717, 1.165) is 23.6 Å². The summed E-state index contributed by atoms with van der Waals surface area (Å²) >= 11 is 7.10. The normalized spacial score (nSPS) is 10.5. The number of aryl methyl sites for hydroxylation is 1. The van der Waals surface area contributed by atoms with Gasteiger partial charge in [-0.2, -0.15) is 0 Å². The third kappa shape index (κ3) is 4.46. The molecule has 1 aromatic carbocycles. The van der Waals surface area contributed by atoms with E-state index in [4.69, 9.17) is 20.8 Å². The zero-order chi connectivity index (χ0) is 17.8. The van der Waals surface area contributed by atoms with Crippen LogP contribution >= 0.6 is 22.9 Å². The van der Waals surface area contributed by atoms with Gasteiger partial charge in [0, 0.05) is 16.5 Å². The Balaban J connectivity index is 1.66. The van der Waals surface area contributed by atoms with Crippen LogP contribution in [0.5, 0.6) is 5.75 Å². The SMILES string of the molecule is Cc1csc(NC(=O)c2cc(=O)c(OCc3ccc(Cl)cc3)co2)n1. The van der Waals surface area contributed by atoms with Crippen molar-refractivity contribution in [3.8, 4) is 5.75 Å². The molecule has 0 radical (unpaired) electrons. The quantitative estimate of drug-likeness (QED) is 0.730. The Morgan fingerprint density at radius 1 is 1.36 bits per heavy atom. The molecule has 8 heteroatoms. The molecule has 0 unspecified atom stereocenters. The van der Waals surface area contributed by atoms with Crippen molar-refractivity contribution in [2.24, 2.45) is 0 Å². The third-order valence-electron chi connectivity index (χ3n) is 3.17. The van der Waals surface area contributed by atoms with Crippen molar-refractivity contribution in [1.29, 1.82) is 0 Å². The van der Waals surface area contributed by atoms with Crippen molar-refractivity contribution in [3.05, 3.63) is 74.2 Å². The van der Waals surface area contributed by atoms with Gasteiger partial charge in [0.05, 0.1) is 5.69 Å². The number of nitrogens with zero attached hydrogens (tertiary/aromatic N) is 1. The fourth-order valence-corrected chi connectivity index (χ4v) is 2.74. The number of amides is 1. The Morgan fingerprint density at radius 3 is 2.76 bits per heavy atom. The molecule has 1 amide bonds. The predicted molar refractivity (Wildman–Crippen MR) is 95.6 cm³/mol. The van der Waals surface area contributed by atoms with Gasteiger partial charge in [0.15, 0.2) is 10.9 Å². The van der Waals surface area contributed by atoms with E-state index >= 15 is 0 Å². The summed E-state index contributed by atoms with van der Waals surface area (Å²) < 4.78 is 10.6. The minimum absolute atomic E-state index is 0.0246. The molecule has 3 rings (SSSR count). The first kappa shape index (κ1) is 17.2. The topological polar surface area (TPSA) is 81.4 Å². The Morgan fingerprint density at radius 2 is 2.12 bits per heavy atom. The molecule has 2 aromatic heterocycles. The molecule has 0 bridgehead atoms. The number of benzene rings is 1. The van der Waals surface area contributed by atoms with Gasteiger partial charge in [-0.25, -0.2) is 4.98 Å². The lowest BCUT2D eigenvalue weighted by Crippen LogP contribution is -2.15. The van der Waals surface area contributed by atoms with Crippen LogP contribution in [0.1, 0.15) is 21.8 Å². The molecule has 0 saturated heterocycles. The average Bonchev–Trinajstić information content (AvgIpc) is 3.00. The summed E-state index contributed by atoms with van der Waals surface area (Å²) in [5.41, 5.74) is 1.21. The summed E-state index contributed by atoms with van der Waals surface area (Å²) in [4.78, 5) is 28.3. The van der Waals surface area contributed by atoms with E-state index in [0.29, 0.717) is 10.2 Å². The smallest absolute Gasteiger partial charge is 0.293 e.